The molecule has 1 aromatic heterocycles. The molecule has 2 aliphatic rings. The van der Waals surface area contributed by atoms with E-state index in [1.54, 1.807) is 0 Å². The van der Waals surface area contributed by atoms with E-state index in [4.69, 9.17) is 0 Å². The van der Waals surface area contributed by atoms with Gasteiger partial charge in [0.2, 0.25) is 0 Å². The minimum Gasteiger partial charge on any atom is -0.135 e. The molecule has 10 aromatic rings. The first-order valence-electron chi connectivity index (χ1n) is 19.9. The molecule has 0 saturated carbocycles. The van der Waals surface area contributed by atoms with E-state index in [1.165, 1.54) is 119 Å². The number of rotatable bonds is 3. The van der Waals surface area contributed by atoms with Crippen molar-refractivity contribution in [2.75, 3.05) is 0 Å². The molecule has 1 heteroatoms. The molecule has 0 N–H and O–H groups in total. The van der Waals surface area contributed by atoms with Gasteiger partial charge in [-0.2, -0.15) is 0 Å². The molecule has 0 radical (unpaired) electrons. The number of aryl methyl sites for hydroxylation is 1. The summed E-state index contributed by atoms with van der Waals surface area (Å²) >= 11 is 1.91. The van der Waals surface area contributed by atoms with Crippen LogP contribution < -0.4 is 0 Å². The van der Waals surface area contributed by atoms with Crippen LogP contribution in [0.25, 0.3) is 103 Å². The first-order chi connectivity index (χ1) is 27.5. The summed E-state index contributed by atoms with van der Waals surface area (Å²) in [4.78, 5) is 0. The third-order valence-electron chi connectivity index (χ3n) is 12.9. The summed E-state index contributed by atoms with van der Waals surface area (Å²) in [6, 6.07) is 60.0. The number of benzene rings is 9. The molecule has 0 saturated heterocycles. The number of hydrogen-bond acceptors (Lipinski definition) is 1. The SMILES string of the molecule is CC1(C)c2ccccc2-c2ccc3c(c(-c4cccc(-c5c6ccccc6c(-c6ccc7c(c6)CCC=C7)c6ccccc56)c4)cc4sc5ccccc5c43)c21. The fourth-order valence-corrected chi connectivity index (χ4v) is 11.6. The summed E-state index contributed by atoms with van der Waals surface area (Å²) in [5.74, 6) is 0. The maximum atomic E-state index is 2.51. The topological polar surface area (TPSA) is 0 Å². The summed E-state index contributed by atoms with van der Waals surface area (Å²) in [6.45, 7) is 4.85. The van der Waals surface area contributed by atoms with Crippen LogP contribution in [0.4, 0.5) is 0 Å². The Morgan fingerprint density at radius 2 is 1.12 bits per heavy atom. The van der Waals surface area contributed by atoms with Crippen LogP contribution in [0.5, 0.6) is 0 Å². The van der Waals surface area contributed by atoms with Crippen LogP contribution in [-0.4, -0.2) is 0 Å². The summed E-state index contributed by atoms with van der Waals surface area (Å²) < 4.78 is 2.68. The highest BCUT2D eigenvalue weighted by molar-refractivity contribution is 7.26. The number of hydrogen-bond donors (Lipinski definition) is 0. The molecule has 0 nitrogen and oxygen atoms in total. The van der Waals surface area contributed by atoms with Gasteiger partial charge in [-0.3, -0.25) is 0 Å². The third kappa shape index (κ3) is 4.47. The second kappa shape index (κ2) is 11.9. The molecule has 0 bridgehead atoms. The second-order valence-corrected chi connectivity index (χ2v) is 17.3. The van der Waals surface area contributed by atoms with Crippen LogP contribution in [0.15, 0.2) is 164 Å². The van der Waals surface area contributed by atoms with Crippen molar-refractivity contribution in [3.8, 4) is 44.5 Å². The summed E-state index contributed by atoms with van der Waals surface area (Å²) in [6.07, 6.45) is 6.78. The zero-order valence-electron chi connectivity index (χ0n) is 31.5. The van der Waals surface area contributed by atoms with Gasteiger partial charge in [0.1, 0.15) is 0 Å². The minimum atomic E-state index is -0.146. The largest absolute Gasteiger partial charge is 0.135 e. The van der Waals surface area contributed by atoms with Crippen LogP contribution in [-0.2, 0) is 11.8 Å². The number of thiophene rings is 1. The van der Waals surface area contributed by atoms with Gasteiger partial charge >= 0.3 is 0 Å². The Kier molecular flexibility index (Phi) is 6.78. The molecule has 0 unspecified atom stereocenters. The molecule has 0 atom stereocenters. The van der Waals surface area contributed by atoms with E-state index in [-0.39, 0.29) is 5.41 Å². The first-order valence-corrected chi connectivity index (χ1v) is 20.7. The van der Waals surface area contributed by atoms with Gasteiger partial charge in [0, 0.05) is 25.6 Å². The van der Waals surface area contributed by atoms with Gasteiger partial charge in [-0.15, -0.1) is 11.3 Å². The average Bonchev–Trinajstić information content (AvgIpc) is 3.74. The normalized spacial score (nSPS) is 14.2. The fourth-order valence-electron chi connectivity index (χ4n) is 10.4. The van der Waals surface area contributed by atoms with Gasteiger partial charge in [-0.05, 0) is 130 Å². The van der Waals surface area contributed by atoms with Gasteiger partial charge in [0.15, 0.2) is 0 Å². The zero-order chi connectivity index (χ0) is 37.1. The lowest BCUT2D eigenvalue weighted by molar-refractivity contribution is 0.666. The molecule has 2 aliphatic carbocycles. The van der Waals surface area contributed by atoms with Gasteiger partial charge in [0.05, 0.1) is 0 Å². The maximum Gasteiger partial charge on any atom is 0.0368 e. The van der Waals surface area contributed by atoms with Crippen LogP contribution in [0.2, 0.25) is 0 Å². The van der Waals surface area contributed by atoms with Gasteiger partial charge < -0.3 is 0 Å². The van der Waals surface area contributed by atoms with Crippen molar-refractivity contribution in [3.05, 3.63) is 186 Å². The van der Waals surface area contributed by atoms with Crippen molar-refractivity contribution in [1.82, 2.24) is 0 Å². The van der Waals surface area contributed by atoms with E-state index in [9.17, 15) is 0 Å². The lowest BCUT2D eigenvalue weighted by Crippen LogP contribution is -2.15. The van der Waals surface area contributed by atoms with Crippen molar-refractivity contribution in [2.45, 2.75) is 32.1 Å². The van der Waals surface area contributed by atoms with E-state index in [1.807, 2.05) is 11.3 Å². The van der Waals surface area contributed by atoms with Gasteiger partial charge in [-0.1, -0.05) is 166 Å². The first kappa shape index (κ1) is 32.0. The molecule has 12 rings (SSSR count). The molecule has 56 heavy (non-hydrogen) atoms. The molecular formula is C55H38S. The fraction of sp³-hybridized carbons (Fsp3) is 0.0909. The Labute approximate surface area is 331 Å². The van der Waals surface area contributed by atoms with Crippen LogP contribution in [0.3, 0.4) is 0 Å². The molecule has 0 amide bonds. The molecule has 0 fully saturated rings. The van der Waals surface area contributed by atoms with E-state index >= 15 is 0 Å². The highest BCUT2D eigenvalue weighted by atomic mass is 32.1. The molecule has 0 aliphatic heterocycles. The van der Waals surface area contributed by atoms with Crippen molar-refractivity contribution < 1.29 is 0 Å². The number of allylic oxidation sites excluding steroid dienone is 1. The van der Waals surface area contributed by atoms with E-state index in [2.05, 4.69) is 184 Å². The lowest BCUT2D eigenvalue weighted by Gasteiger charge is -2.25. The predicted molar refractivity (Wildman–Crippen MR) is 243 cm³/mol. The monoisotopic (exact) mass is 730 g/mol. The molecule has 9 aromatic carbocycles. The Morgan fingerprint density at radius 1 is 0.464 bits per heavy atom. The van der Waals surface area contributed by atoms with Crippen LogP contribution >= 0.6 is 11.3 Å². The van der Waals surface area contributed by atoms with Crippen LogP contribution in [0.1, 0.15) is 42.5 Å². The Balaban J connectivity index is 1.15. The molecule has 264 valence electrons. The summed E-state index contributed by atoms with van der Waals surface area (Å²) in [5.41, 5.74) is 15.9. The van der Waals surface area contributed by atoms with E-state index in [0.717, 1.165) is 12.8 Å². The Morgan fingerprint density at radius 3 is 1.89 bits per heavy atom. The van der Waals surface area contributed by atoms with E-state index in [0.29, 0.717) is 0 Å². The van der Waals surface area contributed by atoms with Crippen molar-refractivity contribution >= 4 is 69.9 Å². The quantitative estimate of drug-likeness (QED) is 0.159. The van der Waals surface area contributed by atoms with Crippen molar-refractivity contribution in [3.63, 3.8) is 0 Å². The van der Waals surface area contributed by atoms with Gasteiger partial charge in [-0.25, -0.2) is 0 Å². The Bertz CT molecular complexity index is 3280. The second-order valence-electron chi connectivity index (χ2n) is 16.3. The number of fused-ring (bicyclic) bond motifs is 12. The third-order valence-corrected chi connectivity index (χ3v) is 14.0. The predicted octanol–water partition coefficient (Wildman–Crippen LogP) is 15.8. The molecule has 0 spiro atoms. The van der Waals surface area contributed by atoms with Crippen molar-refractivity contribution in [2.24, 2.45) is 0 Å². The van der Waals surface area contributed by atoms with E-state index < -0.39 is 0 Å². The zero-order valence-corrected chi connectivity index (χ0v) is 32.3. The average molecular weight is 731 g/mol. The van der Waals surface area contributed by atoms with Crippen LogP contribution in [0, 0.1) is 0 Å². The molecule has 1 heterocycles. The van der Waals surface area contributed by atoms with Gasteiger partial charge in [0.25, 0.3) is 0 Å². The standard InChI is InChI=1S/C55H38S/c1-55(2)47-24-11-9-18-38(47)43-28-29-45-52-44-23-10-12-25-48(44)56-49(52)32-46(53(45)54(43)55)35-16-13-17-36(31-35)50-39-19-5-7-21-41(39)51(42-22-8-6-20-40(42)50)37-27-26-33-14-3-4-15-34(33)30-37/h3,5-14,16-32H,4,15H2,1-2H3. The van der Waals surface area contributed by atoms with Crippen molar-refractivity contribution in [1.29, 1.82) is 0 Å². The smallest absolute Gasteiger partial charge is 0.0368 e. The Hall–Kier alpha value is -6.28. The highest BCUT2D eigenvalue weighted by Gasteiger charge is 2.38. The molecular weight excluding hydrogens is 693 g/mol. The summed E-state index contributed by atoms with van der Waals surface area (Å²) in [7, 11) is 0. The highest BCUT2D eigenvalue weighted by Crippen LogP contribution is 2.55. The lowest BCUT2D eigenvalue weighted by atomic mass is 9.78. The maximum absolute atomic E-state index is 2.51. The summed E-state index contributed by atoms with van der Waals surface area (Å²) in [5, 5.41) is 10.6. The minimum absolute atomic E-state index is 0.146.